The molecule has 0 bridgehead atoms. The van der Waals surface area contributed by atoms with Gasteiger partial charge in [0.05, 0.1) is 0 Å². The van der Waals surface area contributed by atoms with Gasteiger partial charge in [-0.25, -0.2) is 14.3 Å². The summed E-state index contributed by atoms with van der Waals surface area (Å²) in [7, 11) is 0. The summed E-state index contributed by atoms with van der Waals surface area (Å²) in [4.78, 5) is 31.5. The Kier molecular flexibility index (Phi) is 5.25. The Morgan fingerprint density at radius 1 is 1.39 bits per heavy atom. The third-order valence-electron chi connectivity index (χ3n) is 3.80. The topological polar surface area (TPSA) is 109 Å². The molecular weight excluding hydrogens is 298 g/mol. The van der Waals surface area contributed by atoms with Gasteiger partial charge in [-0.3, -0.25) is 4.79 Å². The molecule has 0 radical (unpaired) electrons. The van der Waals surface area contributed by atoms with Crippen molar-refractivity contribution in [3.8, 4) is 0 Å². The fourth-order valence-electron chi connectivity index (χ4n) is 2.57. The number of aromatic nitrogens is 4. The Morgan fingerprint density at radius 3 is 2.78 bits per heavy atom. The van der Waals surface area contributed by atoms with Crippen LogP contribution < -0.4 is 5.32 Å². The van der Waals surface area contributed by atoms with Crippen LogP contribution >= 0.6 is 0 Å². The smallest absolute Gasteiger partial charge is 0.326 e. The molecule has 0 aromatic carbocycles. The third kappa shape index (κ3) is 3.82. The summed E-state index contributed by atoms with van der Waals surface area (Å²) in [5, 5.41) is 15.8. The number of carboxylic acids is 1. The van der Waals surface area contributed by atoms with Crippen LogP contribution in [0.1, 0.15) is 43.1 Å². The molecule has 2 rings (SSSR count). The monoisotopic (exact) mass is 319 g/mol. The second-order valence-corrected chi connectivity index (χ2v) is 5.48. The minimum Gasteiger partial charge on any atom is -0.480 e. The van der Waals surface area contributed by atoms with Crippen molar-refractivity contribution in [1.29, 1.82) is 0 Å². The molecule has 23 heavy (non-hydrogen) atoms. The molecule has 2 aromatic heterocycles. The highest BCUT2D eigenvalue weighted by molar-refractivity contribution is 5.83. The number of aliphatic carboxylic acids is 1. The van der Waals surface area contributed by atoms with E-state index in [2.05, 4.69) is 20.4 Å². The number of carbonyl (C=O) groups is 2. The predicted octanol–water partition coefficient (Wildman–Crippen LogP) is 1.04. The van der Waals surface area contributed by atoms with E-state index >= 15 is 0 Å². The first kappa shape index (κ1) is 16.9. The zero-order chi connectivity index (χ0) is 17.0. The van der Waals surface area contributed by atoms with Crippen molar-refractivity contribution in [2.75, 3.05) is 0 Å². The number of carbonyl (C=O) groups excluding carboxylic acids is 1. The number of amides is 1. The van der Waals surface area contributed by atoms with Gasteiger partial charge in [0.15, 0.2) is 0 Å². The maximum atomic E-state index is 12.0. The SMILES string of the molecule is CCCC(NC(=O)CCc1c(C)nc2ncnn2c1C)C(=O)O. The van der Waals surface area contributed by atoms with Gasteiger partial charge in [-0.15, -0.1) is 0 Å². The van der Waals surface area contributed by atoms with Gasteiger partial charge in [-0.05, 0) is 32.3 Å². The molecule has 0 spiro atoms. The van der Waals surface area contributed by atoms with Crippen molar-refractivity contribution in [3.63, 3.8) is 0 Å². The van der Waals surface area contributed by atoms with E-state index in [0.29, 0.717) is 25.0 Å². The highest BCUT2D eigenvalue weighted by Gasteiger charge is 2.19. The number of fused-ring (bicyclic) bond motifs is 1. The van der Waals surface area contributed by atoms with Crippen LogP contribution in [0.3, 0.4) is 0 Å². The average Bonchev–Trinajstić information content (AvgIpc) is 2.94. The summed E-state index contributed by atoms with van der Waals surface area (Å²) in [5.74, 6) is -0.747. The number of rotatable bonds is 7. The number of carboxylic acid groups (broad SMARTS) is 1. The maximum Gasteiger partial charge on any atom is 0.326 e. The Bertz CT molecular complexity index is 725. The zero-order valence-electron chi connectivity index (χ0n) is 13.5. The Balaban J connectivity index is 2.05. The summed E-state index contributed by atoms with van der Waals surface area (Å²) in [6.07, 6.45) is 3.24. The quantitative estimate of drug-likeness (QED) is 0.789. The number of aryl methyl sites for hydroxylation is 2. The first-order valence-corrected chi connectivity index (χ1v) is 7.62. The van der Waals surface area contributed by atoms with Crippen LogP contribution in [0.15, 0.2) is 6.33 Å². The Labute approximate surface area is 133 Å². The van der Waals surface area contributed by atoms with Gasteiger partial charge in [0.2, 0.25) is 5.91 Å². The normalized spacial score (nSPS) is 12.3. The van der Waals surface area contributed by atoms with Gasteiger partial charge in [-0.2, -0.15) is 10.1 Å². The number of nitrogens with zero attached hydrogens (tertiary/aromatic N) is 4. The Morgan fingerprint density at radius 2 is 2.13 bits per heavy atom. The summed E-state index contributed by atoms with van der Waals surface area (Å²) in [6.45, 7) is 5.65. The molecule has 0 aliphatic heterocycles. The minimum absolute atomic E-state index is 0.205. The van der Waals surface area contributed by atoms with Crippen molar-refractivity contribution in [2.45, 2.75) is 52.5 Å². The molecule has 0 aliphatic rings. The maximum absolute atomic E-state index is 12.0. The molecule has 2 aromatic rings. The molecule has 8 nitrogen and oxygen atoms in total. The second kappa shape index (κ2) is 7.17. The van der Waals surface area contributed by atoms with Crippen LogP contribution in [0.2, 0.25) is 0 Å². The van der Waals surface area contributed by atoms with Crippen molar-refractivity contribution in [1.82, 2.24) is 24.9 Å². The van der Waals surface area contributed by atoms with Crippen LogP contribution in [-0.2, 0) is 16.0 Å². The van der Waals surface area contributed by atoms with Crippen LogP contribution in [0, 0.1) is 13.8 Å². The van der Waals surface area contributed by atoms with E-state index in [4.69, 9.17) is 5.11 Å². The highest BCUT2D eigenvalue weighted by atomic mass is 16.4. The van der Waals surface area contributed by atoms with E-state index in [1.807, 2.05) is 20.8 Å². The third-order valence-corrected chi connectivity index (χ3v) is 3.80. The van der Waals surface area contributed by atoms with E-state index in [0.717, 1.165) is 17.0 Å². The molecule has 124 valence electrons. The Hall–Kier alpha value is -2.51. The summed E-state index contributed by atoms with van der Waals surface area (Å²) >= 11 is 0. The lowest BCUT2D eigenvalue weighted by molar-refractivity contribution is -0.142. The lowest BCUT2D eigenvalue weighted by Crippen LogP contribution is -2.40. The molecule has 2 N–H and O–H groups in total. The molecule has 0 saturated carbocycles. The van der Waals surface area contributed by atoms with Gasteiger partial charge < -0.3 is 10.4 Å². The fraction of sp³-hybridized carbons (Fsp3) is 0.533. The molecular formula is C15H21N5O3. The predicted molar refractivity (Wildman–Crippen MR) is 83.1 cm³/mol. The van der Waals surface area contributed by atoms with Crippen molar-refractivity contribution in [3.05, 3.63) is 23.3 Å². The van der Waals surface area contributed by atoms with Crippen LogP contribution in [-0.4, -0.2) is 42.6 Å². The molecule has 1 amide bonds. The first-order chi connectivity index (χ1) is 10.9. The van der Waals surface area contributed by atoms with Gasteiger partial charge in [0, 0.05) is 17.8 Å². The molecule has 1 atom stereocenters. The van der Waals surface area contributed by atoms with Gasteiger partial charge in [0.1, 0.15) is 12.4 Å². The lowest BCUT2D eigenvalue weighted by atomic mass is 10.1. The van der Waals surface area contributed by atoms with Crippen LogP contribution in [0.4, 0.5) is 0 Å². The molecule has 2 heterocycles. The molecule has 0 aliphatic carbocycles. The van der Waals surface area contributed by atoms with Crippen LogP contribution in [0.25, 0.3) is 5.78 Å². The number of hydrogen-bond donors (Lipinski definition) is 2. The molecule has 0 saturated heterocycles. The summed E-state index contributed by atoms with van der Waals surface area (Å²) in [6, 6.07) is -0.828. The van der Waals surface area contributed by atoms with E-state index in [-0.39, 0.29) is 12.3 Å². The standard InChI is InChI=1S/C15H21N5O3/c1-4-5-12(14(22)23)19-13(21)7-6-11-9(2)18-15-16-8-17-20(15)10(11)3/h8,12H,4-7H2,1-3H3,(H,19,21)(H,22,23). The molecule has 0 fully saturated rings. The van der Waals surface area contributed by atoms with Crippen LogP contribution in [0.5, 0.6) is 0 Å². The average molecular weight is 319 g/mol. The highest BCUT2D eigenvalue weighted by Crippen LogP contribution is 2.15. The van der Waals surface area contributed by atoms with E-state index in [1.165, 1.54) is 6.33 Å². The first-order valence-electron chi connectivity index (χ1n) is 7.62. The number of hydrogen-bond acceptors (Lipinski definition) is 5. The molecule has 8 heteroatoms. The second-order valence-electron chi connectivity index (χ2n) is 5.48. The lowest BCUT2D eigenvalue weighted by Gasteiger charge is -2.14. The van der Waals surface area contributed by atoms with Gasteiger partial charge in [0.25, 0.3) is 5.78 Å². The fourth-order valence-corrected chi connectivity index (χ4v) is 2.57. The number of nitrogens with one attached hydrogen (secondary N) is 1. The van der Waals surface area contributed by atoms with E-state index in [1.54, 1.807) is 4.52 Å². The largest absolute Gasteiger partial charge is 0.480 e. The van der Waals surface area contributed by atoms with E-state index in [9.17, 15) is 9.59 Å². The minimum atomic E-state index is -1.00. The summed E-state index contributed by atoms with van der Waals surface area (Å²) < 4.78 is 1.64. The van der Waals surface area contributed by atoms with Crippen molar-refractivity contribution >= 4 is 17.7 Å². The summed E-state index contributed by atoms with van der Waals surface area (Å²) in [5.41, 5.74) is 2.63. The van der Waals surface area contributed by atoms with E-state index < -0.39 is 12.0 Å². The zero-order valence-corrected chi connectivity index (χ0v) is 13.5. The van der Waals surface area contributed by atoms with Gasteiger partial charge in [-0.1, -0.05) is 13.3 Å². The van der Waals surface area contributed by atoms with Crippen molar-refractivity contribution < 1.29 is 14.7 Å². The van der Waals surface area contributed by atoms with Crippen molar-refractivity contribution in [2.24, 2.45) is 0 Å². The van der Waals surface area contributed by atoms with Gasteiger partial charge >= 0.3 is 5.97 Å². The molecule has 1 unspecified atom stereocenters.